The van der Waals surface area contributed by atoms with Crippen LogP contribution in [0.3, 0.4) is 0 Å². The van der Waals surface area contributed by atoms with E-state index in [1.54, 1.807) is 6.92 Å². The molecule has 1 amide bonds. The Morgan fingerprint density at radius 1 is 1.36 bits per heavy atom. The summed E-state index contributed by atoms with van der Waals surface area (Å²) in [4.78, 5) is 26.9. The summed E-state index contributed by atoms with van der Waals surface area (Å²) >= 11 is 1.28. The van der Waals surface area contributed by atoms with Crippen LogP contribution in [0.2, 0.25) is 0 Å². The first kappa shape index (κ1) is 24.1. The van der Waals surface area contributed by atoms with E-state index in [0.717, 1.165) is 6.29 Å². The van der Waals surface area contributed by atoms with E-state index in [1.807, 2.05) is 0 Å². The van der Waals surface area contributed by atoms with E-state index in [9.17, 15) is 19.8 Å². The minimum Gasteiger partial charge on any atom is -0.377 e. The monoisotopic (exact) mass is 414 g/mol. The quantitative estimate of drug-likeness (QED) is 0.0874. The maximum atomic E-state index is 11.6. The van der Waals surface area contributed by atoms with Crippen LogP contribution in [0, 0.1) is 0 Å². The van der Waals surface area contributed by atoms with Gasteiger partial charge in [-0.3, -0.25) is 20.2 Å². The van der Waals surface area contributed by atoms with Gasteiger partial charge < -0.3 is 26.6 Å². The largest absolute Gasteiger partial charge is 0.377 e. The van der Waals surface area contributed by atoms with Crippen LogP contribution < -0.4 is 27.0 Å². The van der Waals surface area contributed by atoms with Crippen LogP contribution in [0.1, 0.15) is 29.9 Å². The fraction of sp³-hybridized carbons (Fsp3) is 0.588. The Kier molecular flexibility index (Phi) is 10.8. The number of carbonyl (C=O) groups is 2. The number of thiazole rings is 1. The molecule has 0 spiro atoms. The van der Waals surface area contributed by atoms with Crippen molar-refractivity contribution in [2.75, 3.05) is 18.4 Å². The van der Waals surface area contributed by atoms with Gasteiger partial charge in [0.2, 0.25) is 5.91 Å². The third kappa shape index (κ3) is 8.42. The normalized spacial score (nSPS) is 16.5. The Bertz CT molecular complexity index is 627. The lowest BCUT2D eigenvalue weighted by Gasteiger charge is -2.28. The molecule has 10 nitrogen and oxygen atoms in total. The van der Waals surface area contributed by atoms with Crippen molar-refractivity contribution in [3.8, 4) is 0 Å². The van der Waals surface area contributed by atoms with Gasteiger partial charge in [0, 0.05) is 12.6 Å². The summed E-state index contributed by atoms with van der Waals surface area (Å²) in [6, 6.07) is -1.94. The zero-order chi connectivity index (χ0) is 21.1. The fourth-order valence-electron chi connectivity index (χ4n) is 2.16. The summed E-state index contributed by atoms with van der Waals surface area (Å²) in [6.07, 6.45) is 2.32. The van der Waals surface area contributed by atoms with E-state index in [-0.39, 0.29) is 0 Å². The Labute approximate surface area is 168 Å². The topological polar surface area (TPSA) is 162 Å². The van der Waals surface area contributed by atoms with E-state index >= 15 is 0 Å². The highest BCUT2D eigenvalue weighted by atomic mass is 32.1. The smallest absolute Gasteiger partial charge is 0.237 e. The van der Waals surface area contributed by atoms with E-state index in [4.69, 9.17) is 5.73 Å². The molecule has 8 N–H and O–H groups in total. The first-order chi connectivity index (χ1) is 13.3. The summed E-state index contributed by atoms with van der Waals surface area (Å²) in [5, 5.41) is 32.4. The predicted molar refractivity (Wildman–Crippen MR) is 109 cm³/mol. The lowest BCUT2D eigenvalue weighted by molar-refractivity contribution is -0.123. The van der Waals surface area contributed by atoms with Gasteiger partial charge in [-0.15, -0.1) is 6.58 Å². The number of anilines is 1. The minimum atomic E-state index is -1.13. The average Bonchev–Trinajstić information content (AvgIpc) is 3.13. The molecule has 2 unspecified atom stereocenters. The lowest BCUT2D eigenvalue weighted by atomic mass is 10.2. The minimum absolute atomic E-state index is 0.412. The molecular weight excluding hydrogens is 384 g/mol. The summed E-state index contributed by atoms with van der Waals surface area (Å²) in [6.45, 7) is 7.97. The summed E-state index contributed by atoms with van der Waals surface area (Å²) in [5.74, 6) is -0.412. The van der Waals surface area contributed by atoms with Crippen LogP contribution in [-0.4, -0.2) is 71.1 Å². The number of hydrogen-bond acceptors (Lipinski definition) is 10. The van der Waals surface area contributed by atoms with Crippen LogP contribution in [0.25, 0.3) is 0 Å². The number of hydrogen-bond donors (Lipinski definition) is 7. The first-order valence-electron chi connectivity index (χ1n) is 8.97. The van der Waals surface area contributed by atoms with Crippen molar-refractivity contribution in [2.24, 2.45) is 5.73 Å². The van der Waals surface area contributed by atoms with E-state index < -0.39 is 36.5 Å². The SMILES string of the molecule is C=C[C@H](NC(=O)[C@H](C)N)C(O)N[C@@H](C)C(O)NCCCNc1ncc(C=O)s1. The van der Waals surface area contributed by atoms with Gasteiger partial charge in [-0.05, 0) is 26.8 Å². The molecule has 0 fully saturated rings. The summed E-state index contributed by atoms with van der Waals surface area (Å²) in [7, 11) is 0. The Balaban J connectivity index is 2.28. The van der Waals surface area contributed by atoms with Gasteiger partial charge in [0.15, 0.2) is 11.4 Å². The second-order valence-corrected chi connectivity index (χ2v) is 7.39. The molecule has 0 aliphatic heterocycles. The van der Waals surface area contributed by atoms with Gasteiger partial charge in [0.25, 0.3) is 0 Å². The zero-order valence-corrected chi connectivity index (χ0v) is 16.9. The number of amides is 1. The molecule has 1 heterocycles. The number of aliphatic hydroxyl groups is 2. The maximum absolute atomic E-state index is 11.6. The van der Waals surface area contributed by atoms with Gasteiger partial charge in [0.05, 0.1) is 23.2 Å². The lowest BCUT2D eigenvalue weighted by Crippen LogP contribution is -2.57. The Hall–Kier alpha value is -1.89. The number of nitrogens with two attached hydrogens (primary N) is 1. The molecule has 1 rings (SSSR count). The molecule has 1 aromatic heterocycles. The summed E-state index contributed by atoms with van der Waals surface area (Å²) < 4.78 is 0. The molecule has 11 heteroatoms. The van der Waals surface area contributed by atoms with Crippen LogP contribution in [0.4, 0.5) is 5.13 Å². The Morgan fingerprint density at radius 2 is 2.07 bits per heavy atom. The molecule has 0 radical (unpaired) electrons. The number of rotatable bonds is 14. The van der Waals surface area contributed by atoms with Crippen LogP contribution in [0.15, 0.2) is 18.9 Å². The van der Waals surface area contributed by atoms with Crippen LogP contribution >= 0.6 is 11.3 Å². The van der Waals surface area contributed by atoms with Crippen molar-refractivity contribution in [1.29, 1.82) is 0 Å². The Morgan fingerprint density at radius 3 is 2.64 bits per heavy atom. The molecule has 0 saturated carbocycles. The van der Waals surface area contributed by atoms with Gasteiger partial charge in [0.1, 0.15) is 12.5 Å². The third-order valence-electron chi connectivity index (χ3n) is 3.85. The molecule has 1 aromatic rings. The number of nitrogens with zero attached hydrogens (tertiary/aromatic N) is 1. The van der Waals surface area contributed by atoms with E-state index in [0.29, 0.717) is 29.5 Å². The molecule has 28 heavy (non-hydrogen) atoms. The number of aromatic nitrogens is 1. The second-order valence-electron chi connectivity index (χ2n) is 6.32. The van der Waals surface area contributed by atoms with Gasteiger partial charge in [-0.1, -0.05) is 17.4 Å². The third-order valence-corrected chi connectivity index (χ3v) is 4.73. The number of carbonyl (C=O) groups excluding carboxylic acids is 2. The molecule has 0 saturated heterocycles. The highest BCUT2D eigenvalue weighted by Gasteiger charge is 2.23. The maximum Gasteiger partial charge on any atom is 0.237 e. The van der Waals surface area contributed by atoms with E-state index in [1.165, 1.54) is 30.5 Å². The molecular formula is C17H30N6O4S. The predicted octanol–water partition coefficient (Wildman–Crippen LogP) is -1.02. The van der Waals surface area contributed by atoms with Gasteiger partial charge in [-0.2, -0.15) is 0 Å². The van der Waals surface area contributed by atoms with Crippen molar-refractivity contribution in [1.82, 2.24) is 20.9 Å². The number of aliphatic hydroxyl groups excluding tert-OH is 2. The standard InChI is InChI=1S/C17H30N6O4S/c1-4-13(23-14(25)10(2)18)16(27)22-11(3)15(26)19-6-5-7-20-17-21-8-12(9-24)28-17/h4,8-11,13,15-16,19,22,26-27H,1,5-7,18H2,2-3H3,(H,20,21)(H,23,25)/t10-,11-,13-,15?,16?/m0/s1. The van der Waals surface area contributed by atoms with Crippen LogP contribution in [-0.2, 0) is 4.79 Å². The van der Waals surface area contributed by atoms with Crippen molar-refractivity contribution < 1.29 is 19.8 Å². The first-order valence-corrected chi connectivity index (χ1v) is 9.79. The van der Waals surface area contributed by atoms with Gasteiger partial charge in [-0.25, -0.2) is 4.98 Å². The van der Waals surface area contributed by atoms with Crippen molar-refractivity contribution in [2.45, 2.75) is 50.8 Å². The zero-order valence-electron chi connectivity index (χ0n) is 16.1. The highest BCUT2D eigenvalue weighted by Crippen LogP contribution is 2.15. The van der Waals surface area contributed by atoms with Crippen molar-refractivity contribution in [3.05, 3.63) is 23.7 Å². The molecule has 0 bridgehead atoms. The summed E-state index contributed by atoms with van der Waals surface area (Å²) in [5.41, 5.74) is 5.49. The second kappa shape index (κ2) is 12.5. The number of nitrogens with one attached hydrogen (secondary N) is 4. The molecule has 0 aliphatic rings. The molecule has 0 aliphatic carbocycles. The van der Waals surface area contributed by atoms with Crippen molar-refractivity contribution in [3.63, 3.8) is 0 Å². The molecule has 5 atom stereocenters. The average molecular weight is 415 g/mol. The van der Waals surface area contributed by atoms with E-state index in [2.05, 4.69) is 32.8 Å². The van der Waals surface area contributed by atoms with Gasteiger partial charge >= 0.3 is 0 Å². The molecule has 0 aromatic carbocycles. The number of aldehydes is 1. The highest BCUT2D eigenvalue weighted by molar-refractivity contribution is 7.17. The fourth-order valence-corrected chi connectivity index (χ4v) is 2.82. The van der Waals surface area contributed by atoms with Crippen LogP contribution in [0.5, 0.6) is 0 Å². The van der Waals surface area contributed by atoms with Crippen molar-refractivity contribution >= 4 is 28.7 Å². The molecule has 158 valence electrons.